The van der Waals surface area contributed by atoms with E-state index < -0.39 is 43.7 Å². The van der Waals surface area contributed by atoms with Gasteiger partial charge in [-0.2, -0.15) is 0 Å². The summed E-state index contributed by atoms with van der Waals surface area (Å²) in [6.45, 7) is -0.739. The Bertz CT molecular complexity index is 739. The van der Waals surface area contributed by atoms with Crippen molar-refractivity contribution in [1.82, 2.24) is 0 Å². The highest BCUT2D eigenvalue weighted by molar-refractivity contribution is 7.79. The van der Waals surface area contributed by atoms with E-state index in [1.54, 1.807) is 36.4 Å². The van der Waals surface area contributed by atoms with Crippen LogP contribution in [0.3, 0.4) is 0 Å². The third-order valence-corrected chi connectivity index (χ3v) is 7.96. The number of ether oxygens (including phenoxy) is 1. The van der Waals surface area contributed by atoms with Crippen molar-refractivity contribution in [2.45, 2.75) is 29.9 Å². The molecular weight excluding hydrogens is 359 g/mol. The van der Waals surface area contributed by atoms with Crippen molar-refractivity contribution in [2.24, 2.45) is 0 Å². The SMILES string of the molecule is O=P(c1ccccc1)(c1ccccc1)C1(O)O[C@H](CO)[C@@H](O)[C@H](O)[C@H]1O. The van der Waals surface area contributed by atoms with E-state index in [1.807, 2.05) is 0 Å². The largest absolute Gasteiger partial charge is 0.394 e. The maximum atomic E-state index is 14.2. The lowest BCUT2D eigenvalue weighted by Gasteiger charge is -2.48. The fourth-order valence-electron chi connectivity index (χ4n) is 3.19. The number of hydrogen-bond donors (Lipinski definition) is 5. The first-order chi connectivity index (χ1) is 12.4. The minimum Gasteiger partial charge on any atom is -0.394 e. The van der Waals surface area contributed by atoms with Gasteiger partial charge in [0.1, 0.15) is 24.4 Å². The van der Waals surface area contributed by atoms with Gasteiger partial charge in [-0.25, -0.2) is 0 Å². The Balaban J connectivity index is 2.23. The maximum Gasteiger partial charge on any atom is 0.258 e. The summed E-state index contributed by atoms with van der Waals surface area (Å²) >= 11 is 0. The normalized spacial score (nSPS) is 32.3. The van der Waals surface area contributed by atoms with Gasteiger partial charge in [-0.05, 0) is 0 Å². The van der Waals surface area contributed by atoms with Crippen LogP contribution in [-0.4, -0.2) is 62.1 Å². The van der Waals surface area contributed by atoms with Crippen molar-refractivity contribution in [3.63, 3.8) is 0 Å². The molecule has 2 aromatic carbocycles. The van der Waals surface area contributed by atoms with Crippen molar-refractivity contribution < 1.29 is 34.8 Å². The van der Waals surface area contributed by atoms with Gasteiger partial charge in [-0.3, -0.25) is 0 Å². The molecule has 0 amide bonds. The average Bonchev–Trinajstić information content (AvgIpc) is 2.69. The summed E-state index contributed by atoms with van der Waals surface area (Å²) in [5.74, 6) is 0. The van der Waals surface area contributed by atoms with Crippen LogP contribution in [0.2, 0.25) is 0 Å². The van der Waals surface area contributed by atoms with Crippen LogP contribution in [0, 0.1) is 0 Å². The van der Waals surface area contributed by atoms with Gasteiger partial charge in [-0.15, -0.1) is 0 Å². The molecular formula is C18H21O7P. The maximum absolute atomic E-state index is 14.2. The standard InChI is InChI=1S/C18H21O7P/c19-11-14-15(20)16(21)17(22)18(23,25-14)26(24,12-7-3-1-4-8-12)13-9-5-2-6-10-13/h1-10,14-17,19-23H,11H2/t14-,15-,16+,17-,18?/m1/s1. The average molecular weight is 380 g/mol. The molecule has 26 heavy (non-hydrogen) atoms. The molecule has 1 unspecified atom stereocenters. The van der Waals surface area contributed by atoms with Crippen molar-refractivity contribution in [2.75, 3.05) is 6.61 Å². The summed E-state index contributed by atoms with van der Waals surface area (Å²) in [5.41, 5.74) is -2.73. The fourth-order valence-corrected chi connectivity index (χ4v) is 6.22. The highest BCUT2D eigenvalue weighted by Gasteiger charge is 2.63. The molecule has 5 atom stereocenters. The van der Waals surface area contributed by atoms with Crippen LogP contribution < -0.4 is 10.6 Å². The second-order valence-electron chi connectivity index (χ2n) is 6.20. The zero-order valence-corrected chi connectivity index (χ0v) is 14.7. The van der Waals surface area contributed by atoms with E-state index in [9.17, 15) is 30.1 Å². The van der Waals surface area contributed by atoms with E-state index >= 15 is 0 Å². The van der Waals surface area contributed by atoms with Crippen molar-refractivity contribution in [1.29, 1.82) is 0 Å². The fraction of sp³-hybridized carbons (Fsp3) is 0.333. The first-order valence-electron chi connectivity index (χ1n) is 8.13. The highest BCUT2D eigenvalue weighted by atomic mass is 31.2. The Hall–Kier alpha value is -1.57. The summed E-state index contributed by atoms with van der Waals surface area (Å²) in [6.07, 6.45) is -6.98. The van der Waals surface area contributed by atoms with Gasteiger partial charge in [0.05, 0.1) is 6.61 Å². The second-order valence-corrected chi connectivity index (χ2v) is 9.10. The van der Waals surface area contributed by atoms with Crippen molar-refractivity contribution >= 4 is 17.8 Å². The topological polar surface area (TPSA) is 127 Å². The van der Waals surface area contributed by atoms with Gasteiger partial charge in [0.2, 0.25) is 7.14 Å². The van der Waals surface area contributed by atoms with Crippen LogP contribution in [-0.2, 0) is 9.30 Å². The summed E-state index contributed by atoms with van der Waals surface area (Å²) in [4.78, 5) is 0. The molecule has 2 aromatic rings. The molecule has 1 fully saturated rings. The van der Waals surface area contributed by atoms with E-state index in [-0.39, 0.29) is 10.6 Å². The molecule has 1 heterocycles. The Morgan fingerprint density at radius 2 is 1.35 bits per heavy atom. The Labute approximate surface area is 150 Å². The number of hydrogen-bond acceptors (Lipinski definition) is 7. The molecule has 1 saturated heterocycles. The molecule has 0 saturated carbocycles. The molecule has 8 heteroatoms. The first kappa shape index (κ1) is 19.2. The van der Waals surface area contributed by atoms with E-state index in [2.05, 4.69) is 0 Å². The van der Waals surface area contributed by atoms with E-state index in [0.29, 0.717) is 0 Å². The second kappa shape index (κ2) is 7.21. The van der Waals surface area contributed by atoms with E-state index in [1.165, 1.54) is 24.3 Å². The monoisotopic (exact) mass is 380 g/mol. The summed E-state index contributed by atoms with van der Waals surface area (Å²) in [7, 11) is -4.08. The summed E-state index contributed by atoms with van der Waals surface area (Å²) in [6, 6.07) is 16.0. The van der Waals surface area contributed by atoms with Gasteiger partial charge >= 0.3 is 0 Å². The molecule has 0 aliphatic carbocycles. The molecule has 5 N–H and O–H groups in total. The molecule has 0 spiro atoms. The molecule has 1 aliphatic rings. The first-order valence-corrected chi connectivity index (χ1v) is 9.83. The van der Waals surface area contributed by atoms with Gasteiger partial charge in [0.15, 0.2) is 0 Å². The molecule has 3 rings (SSSR count). The Morgan fingerprint density at radius 1 is 0.885 bits per heavy atom. The van der Waals surface area contributed by atoms with Crippen molar-refractivity contribution in [3.05, 3.63) is 60.7 Å². The van der Waals surface area contributed by atoms with Crippen LogP contribution in [0.25, 0.3) is 0 Å². The Morgan fingerprint density at radius 3 is 1.77 bits per heavy atom. The molecule has 0 aromatic heterocycles. The molecule has 1 aliphatic heterocycles. The third-order valence-electron chi connectivity index (χ3n) is 4.64. The zero-order chi connectivity index (χ0) is 18.9. The lowest BCUT2D eigenvalue weighted by atomic mass is 9.99. The van der Waals surface area contributed by atoms with Gasteiger partial charge in [0, 0.05) is 10.6 Å². The zero-order valence-electron chi connectivity index (χ0n) is 13.8. The van der Waals surface area contributed by atoms with E-state index in [0.717, 1.165) is 0 Å². The number of aliphatic hydroxyl groups is 5. The highest BCUT2D eigenvalue weighted by Crippen LogP contribution is 2.59. The lowest BCUT2D eigenvalue weighted by molar-refractivity contribution is -0.309. The minimum absolute atomic E-state index is 0.202. The smallest absolute Gasteiger partial charge is 0.258 e. The number of rotatable bonds is 4. The molecule has 0 radical (unpaired) electrons. The van der Waals surface area contributed by atoms with Crippen LogP contribution in [0.5, 0.6) is 0 Å². The third kappa shape index (κ3) is 2.82. The minimum atomic E-state index is -4.08. The van der Waals surface area contributed by atoms with Gasteiger partial charge in [-0.1, -0.05) is 60.7 Å². The van der Waals surface area contributed by atoms with Crippen molar-refractivity contribution in [3.8, 4) is 0 Å². The van der Waals surface area contributed by atoms with Crippen LogP contribution >= 0.6 is 7.14 Å². The van der Waals surface area contributed by atoms with Gasteiger partial charge < -0.3 is 34.8 Å². The van der Waals surface area contributed by atoms with Crippen LogP contribution in [0.15, 0.2) is 60.7 Å². The quantitative estimate of drug-likeness (QED) is 0.436. The van der Waals surface area contributed by atoms with Crippen LogP contribution in [0.1, 0.15) is 0 Å². The summed E-state index contributed by atoms with van der Waals surface area (Å²) in [5, 5.41) is 51.7. The number of aliphatic hydroxyl groups excluding tert-OH is 4. The predicted octanol–water partition coefficient (Wildman–Crippen LogP) is -0.880. The van der Waals surface area contributed by atoms with Crippen LogP contribution in [0.4, 0.5) is 0 Å². The van der Waals surface area contributed by atoms with E-state index in [4.69, 9.17) is 4.74 Å². The van der Waals surface area contributed by atoms with Gasteiger partial charge in [0.25, 0.3) is 5.53 Å². The Kier molecular flexibility index (Phi) is 5.33. The number of benzene rings is 2. The molecule has 0 bridgehead atoms. The lowest BCUT2D eigenvalue weighted by Crippen LogP contribution is -2.66. The summed E-state index contributed by atoms with van der Waals surface area (Å²) < 4.78 is 19.6. The molecule has 140 valence electrons. The predicted molar refractivity (Wildman–Crippen MR) is 94.7 cm³/mol. The molecule has 7 nitrogen and oxygen atoms in total.